The highest BCUT2D eigenvalue weighted by Gasteiger charge is 2.31. The van der Waals surface area contributed by atoms with Crippen molar-refractivity contribution in [2.75, 3.05) is 12.4 Å². The summed E-state index contributed by atoms with van der Waals surface area (Å²) in [6.07, 6.45) is 6.57. The van der Waals surface area contributed by atoms with Crippen LogP contribution in [0.1, 0.15) is 37.7 Å². The Labute approximate surface area is 110 Å². The first-order chi connectivity index (χ1) is 8.26. The Morgan fingerprint density at radius 3 is 2.53 bits per heavy atom. The lowest BCUT2D eigenvalue weighted by Gasteiger charge is -2.35. The van der Waals surface area contributed by atoms with Crippen molar-refractivity contribution in [1.82, 2.24) is 0 Å². The average molecular weight is 250 g/mol. The predicted molar refractivity (Wildman–Crippen MR) is 76.0 cm³/mol. The fourth-order valence-corrected chi connectivity index (χ4v) is 3.01. The number of benzene rings is 1. The zero-order valence-electron chi connectivity index (χ0n) is 10.6. The molecule has 1 aliphatic rings. The lowest BCUT2D eigenvalue weighted by atomic mass is 9.76. The molecule has 0 N–H and O–H groups in total. The first-order valence-electron chi connectivity index (χ1n) is 6.55. The largest absolute Gasteiger partial charge is 0.493 e. The Morgan fingerprint density at radius 1 is 1.18 bits per heavy atom. The Balaban J connectivity index is 1.98. The lowest BCUT2D eigenvalue weighted by molar-refractivity contribution is 0.120. The summed E-state index contributed by atoms with van der Waals surface area (Å²) in [5.41, 5.74) is 1.53. The van der Waals surface area contributed by atoms with Gasteiger partial charge in [0, 0.05) is 5.41 Å². The van der Waals surface area contributed by atoms with E-state index in [-0.39, 0.29) is 0 Å². The molecule has 0 aliphatic heterocycles. The fraction of sp³-hybridized carbons (Fsp3) is 0.600. The summed E-state index contributed by atoms with van der Waals surface area (Å²) in [6, 6.07) is 8.25. The zero-order chi connectivity index (χ0) is 12.1. The third-order valence-corrected chi connectivity index (χ3v) is 4.55. The van der Waals surface area contributed by atoms with Gasteiger partial charge < -0.3 is 4.74 Å². The topological polar surface area (TPSA) is 9.23 Å². The summed E-state index contributed by atoms with van der Waals surface area (Å²) in [4.78, 5) is 0. The molecule has 0 unspecified atom stereocenters. The molecule has 0 amide bonds. The summed E-state index contributed by atoms with van der Waals surface area (Å²) in [6.45, 7) is 2.92. The SMILES string of the molecule is Cc1ccccc1OCC1(CS)CCCCC1. The molecule has 94 valence electrons. The van der Waals surface area contributed by atoms with Crippen LogP contribution in [0.25, 0.3) is 0 Å². The van der Waals surface area contributed by atoms with Crippen LogP contribution >= 0.6 is 12.6 Å². The maximum Gasteiger partial charge on any atom is 0.122 e. The van der Waals surface area contributed by atoms with E-state index in [0.717, 1.165) is 18.1 Å². The standard InChI is InChI=1S/C15H22OS/c1-13-7-3-4-8-14(13)16-11-15(12-17)9-5-2-6-10-15/h3-4,7-8,17H,2,5-6,9-12H2,1H3. The Morgan fingerprint density at radius 2 is 1.88 bits per heavy atom. The maximum absolute atomic E-state index is 6.02. The normalized spacial score (nSPS) is 18.9. The van der Waals surface area contributed by atoms with Gasteiger partial charge in [-0.3, -0.25) is 0 Å². The number of thiol groups is 1. The van der Waals surface area contributed by atoms with Crippen molar-refractivity contribution in [3.8, 4) is 5.75 Å². The molecule has 1 saturated carbocycles. The molecule has 1 aromatic carbocycles. The summed E-state index contributed by atoms with van der Waals surface area (Å²) in [5.74, 6) is 1.97. The highest BCUT2D eigenvalue weighted by atomic mass is 32.1. The van der Waals surface area contributed by atoms with Gasteiger partial charge in [0.05, 0.1) is 6.61 Å². The second kappa shape index (κ2) is 5.81. The lowest BCUT2D eigenvalue weighted by Crippen LogP contribution is -2.33. The van der Waals surface area contributed by atoms with Crippen molar-refractivity contribution in [3.63, 3.8) is 0 Å². The summed E-state index contributed by atoms with van der Waals surface area (Å²) < 4.78 is 6.02. The molecule has 17 heavy (non-hydrogen) atoms. The Kier molecular flexibility index (Phi) is 4.38. The third kappa shape index (κ3) is 3.19. The third-order valence-electron chi connectivity index (χ3n) is 3.88. The summed E-state index contributed by atoms with van der Waals surface area (Å²) >= 11 is 4.54. The van der Waals surface area contributed by atoms with Crippen molar-refractivity contribution in [2.24, 2.45) is 5.41 Å². The monoisotopic (exact) mass is 250 g/mol. The maximum atomic E-state index is 6.02. The van der Waals surface area contributed by atoms with Gasteiger partial charge in [0.15, 0.2) is 0 Å². The van der Waals surface area contributed by atoms with E-state index < -0.39 is 0 Å². The van der Waals surface area contributed by atoms with Gasteiger partial charge in [-0.2, -0.15) is 12.6 Å². The molecule has 2 rings (SSSR count). The first kappa shape index (κ1) is 12.8. The van der Waals surface area contributed by atoms with Crippen LogP contribution in [0.5, 0.6) is 5.75 Å². The minimum absolute atomic E-state index is 0.309. The first-order valence-corrected chi connectivity index (χ1v) is 7.18. The molecule has 1 aliphatic carbocycles. The highest BCUT2D eigenvalue weighted by molar-refractivity contribution is 7.80. The highest BCUT2D eigenvalue weighted by Crippen LogP contribution is 2.37. The molecule has 0 saturated heterocycles. The van der Waals surface area contributed by atoms with E-state index in [9.17, 15) is 0 Å². The molecule has 1 nitrogen and oxygen atoms in total. The number of para-hydroxylation sites is 1. The smallest absolute Gasteiger partial charge is 0.122 e. The Bertz CT molecular complexity index is 356. The van der Waals surface area contributed by atoms with Crippen LogP contribution < -0.4 is 4.74 Å². The van der Waals surface area contributed by atoms with E-state index in [1.165, 1.54) is 37.7 Å². The van der Waals surface area contributed by atoms with Crippen LogP contribution in [0.4, 0.5) is 0 Å². The summed E-state index contributed by atoms with van der Waals surface area (Å²) in [7, 11) is 0. The number of aryl methyl sites for hydroxylation is 1. The van der Waals surface area contributed by atoms with E-state index in [2.05, 4.69) is 37.8 Å². The molecule has 0 radical (unpaired) electrons. The summed E-state index contributed by atoms with van der Waals surface area (Å²) in [5, 5.41) is 0. The van der Waals surface area contributed by atoms with E-state index >= 15 is 0 Å². The average Bonchev–Trinajstić information content (AvgIpc) is 2.39. The van der Waals surface area contributed by atoms with Crippen LogP contribution in [0, 0.1) is 12.3 Å². The molecular formula is C15H22OS. The molecule has 2 heteroatoms. The van der Waals surface area contributed by atoms with Gasteiger partial charge in [0.1, 0.15) is 5.75 Å². The van der Waals surface area contributed by atoms with E-state index in [4.69, 9.17) is 4.74 Å². The number of hydrogen-bond acceptors (Lipinski definition) is 2. The number of ether oxygens (including phenoxy) is 1. The number of rotatable bonds is 4. The molecule has 0 bridgehead atoms. The van der Waals surface area contributed by atoms with Crippen LogP contribution in [-0.2, 0) is 0 Å². The Hall–Kier alpha value is -0.630. The van der Waals surface area contributed by atoms with Crippen molar-refractivity contribution in [1.29, 1.82) is 0 Å². The van der Waals surface area contributed by atoms with Crippen LogP contribution in [0.15, 0.2) is 24.3 Å². The van der Waals surface area contributed by atoms with Crippen LogP contribution in [0.2, 0.25) is 0 Å². The second-order valence-corrected chi connectivity index (χ2v) is 5.59. The number of hydrogen-bond donors (Lipinski definition) is 1. The predicted octanol–water partition coefficient (Wildman–Crippen LogP) is 4.25. The molecule has 0 atom stereocenters. The molecular weight excluding hydrogens is 228 g/mol. The molecule has 0 heterocycles. The quantitative estimate of drug-likeness (QED) is 0.786. The van der Waals surface area contributed by atoms with Gasteiger partial charge in [-0.25, -0.2) is 0 Å². The van der Waals surface area contributed by atoms with Crippen LogP contribution in [-0.4, -0.2) is 12.4 Å². The van der Waals surface area contributed by atoms with E-state index in [1.54, 1.807) is 0 Å². The van der Waals surface area contributed by atoms with Gasteiger partial charge in [-0.15, -0.1) is 0 Å². The van der Waals surface area contributed by atoms with Gasteiger partial charge in [0.2, 0.25) is 0 Å². The molecule has 1 fully saturated rings. The minimum atomic E-state index is 0.309. The fourth-order valence-electron chi connectivity index (χ4n) is 2.60. The van der Waals surface area contributed by atoms with Crippen molar-refractivity contribution in [2.45, 2.75) is 39.0 Å². The molecule has 0 spiro atoms. The van der Waals surface area contributed by atoms with Crippen molar-refractivity contribution in [3.05, 3.63) is 29.8 Å². The van der Waals surface area contributed by atoms with E-state index in [0.29, 0.717) is 5.41 Å². The van der Waals surface area contributed by atoms with Gasteiger partial charge in [-0.1, -0.05) is 37.5 Å². The molecule has 1 aromatic rings. The van der Waals surface area contributed by atoms with Gasteiger partial charge in [-0.05, 0) is 37.1 Å². The second-order valence-electron chi connectivity index (χ2n) is 5.27. The van der Waals surface area contributed by atoms with Crippen molar-refractivity contribution < 1.29 is 4.74 Å². The van der Waals surface area contributed by atoms with Crippen LogP contribution in [0.3, 0.4) is 0 Å². The van der Waals surface area contributed by atoms with Gasteiger partial charge >= 0.3 is 0 Å². The van der Waals surface area contributed by atoms with Crippen molar-refractivity contribution >= 4 is 12.6 Å². The molecule has 0 aromatic heterocycles. The zero-order valence-corrected chi connectivity index (χ0v) is 11.5. The van der Waals surface area contributed by atoms with Gasteiger partial charge in [0.25, 0.3) is 0 Å². The minimum Gasteiger partial charge on any atom is -0.493 e. The van der Waals surface area contributed by atoms with E-state index in [1.807, 2.05) is 6.07 Å².